The van der Waals surface area contributed by atoms with E-state index in [1.54, 1.807) is 30.3 Å². The normalized spacial score (nSPS) is 10.7. The summed E-state index contributed by atoms with van der Waals surface area (Å²) in [6, 6.07) is 23.8. The van der Waals surface area contributed by atoms with Crippen LogP contribution in [0.15, 0.2) is 83.3 Å². The van der Waals surface area contributed by atoms with Crippen LogP contribution in [0, 0.1) is 0 Å². The van der Waals surface area contributed by atoms with Crippen molar-refractivity contribution in [3.05, 3.63) is 94.5 Å². The number of halogens is 1. The number of nitrogens with one attached hydrogen (secondary N) is 1. The van der Waals surface area contributed by atoms with Gasteiger partial charge < -0.3 is 10.1 Å². The van der Waals surface area contributed by atoms with E-state index in [9.17, 15) is 9.59 Å². The number of rotatable bonds is 6. The van der Waals surface area contributed by atoms with Crippen LogP contribution in [0.1, 0.15) is 34.1 Å². The summed E-state index contributed by atoms with van der Waals surface area (Å²) in [5.41, 5.74) is 3.95. The summed E-state index contributed by atoms with van der Waals surface area (Å²) in [6.07, 6.45) is 0.766. The zero-order valence-corrected chi connectivity index (χ0v) is 19.1. The van der Waals surface area contributed by atoms with Gasteiger partial charge in [-0.05, 0) is 55.0 Å². The van der Waals surface area contributed by atoms with Gasteiger partial charge in [0.1, 0.15) is 0 Å². The Bertz CT molecular complexity index is 1270. The number of anilines is 1. The largest absolute Gasteiger partial charge is 0.462 e. The summed E-state index contributed by atoms with van der Waals surface area (Å²) in [6.45, 7) is 2.32. The lowest BCUT2D eigenvalue weighted by Crippen LogP contribution is -2.13. The second-order valence-corrected chi connectivity index (χ2v) is 8.16. The molecule has 1 aromatic heterocycles. The van der Waals surface area contributed by atoms with Gasteiger partial charge in [0.05, 0.1) is 28.9 Å². The Kier molecular flexibility index (Phi) is 6.61. The minimum Gasteiger partial charge on any atom is -0.462 e. The van der Waals surface area contributed by atoms with Gasteiger partial charge in [-0.3, -0.25) is 4.79 Å². The van der Waals surface area contributed by atoms with Crippen LogP contribution in [-0.4, -0.2) is 23.5 Å². The van der Waals surface area contributed by atoms with Gasteiger partial charge >= 0.3 is 5.97 Å². The molecule has 1 heterocycles. The third-order valence-corrected chi connectivity index (χ3v) is 5.45. The van der Waals surface area contributed by atoms with Gasteiger partial charge in [0.15, 0.2) is 0 Å². The SMILES string of the molecule is CCCOC(=O)c1ccc(NC(=O)c2cc(-c3ccc(Br)cc3)nc3ccccc23)cc1. The summed E-state index contributed by atoms with van der Waals surface area (Å²) in [4.78, 5) is 29.9. The van der Waals surface area contributed by atoms with Crippen molar-refractivity contribution in [2.75, 3.05) is 11.9 Å². The number of pyridine rings is 1. The fourth-order valence-corrected chi connectivity index (χ4v) is 3.56. The number of aromatic nitrogens is 1. The molecule has 5 nitrogen and oxygen atoms in total. The number of esters is 1. The summed E-state index contributed by atoms with van der Waals surface area (Å²) in [5, 5.41) is 3.69. The molecule has 0 aliphatic heterocycles. The second kappa shape index (κ2) is 9.75. The molecule has 1 N–H and O–H groups in total. The van der Waals surface area contributed by atoms with Gasteiger partial charge in [-0.25, -0.2) is 9.78 Å². The fraction of sp³-hybridized carbons (Fsp3) is 0.115. The maximum atomic E-state index is 13.2. The number of amides is 1. The zero-order chi connectivity index (χ0) is 22.5. The first kappa shape index (κ1) is 21.7. The van der Waals surface area contributed by atoms with E-state index in [1.165, 1.54) is 0 Å². The highest BCUT2D eigenvalue weighted by atomic mass is 79.9. The van der Waals surface area contributed by atoms with Crippen molar-refractivity contribution in [1.82, 2.24) is 4.98 Å². The number of ether oxygens (including phenoxy) is 1. The molecule has 0 aliphatic rings. The van der Waals surface area contributed by atoms with Crippen molar-refractivity contribution in [1.29, 1.82) is 0 Å². The number of hydrogen-bond donors (Lipinski definition) is 1. The first-order chi connectivity index (χ1) is 15.5. The number of carbonyl (C=O) groups excluding carboxylic acids is 2. The first-order valence-electron chi connectivity index (χ1n) is 10.3. The van der Waals surface area contributed by atoms with Gasteiger partial charge in [0.2, 0.25) is 0 Å². The summed E-state index contributed by atoms with van der Waals surface area (Å²) < 4.78 is 6.12. The fourth-order valence-electron chi connectivity index (χ4n) is 3.30. The molecule has 4 aromatic rings. The Morgan fingerprint density at radius 1 is 0.969 bits per heavy atom. The maximum Gasteiger partial charge on any atom is 0.338 e. The third kappa shape index (κ3) is 4.86. The van der Waals surface area contributed by atoms with Crippen molar-refractivity contribution in [2.45, 2.75) is 13.3 Å². The van der Waals surface area contributed by atoms with Gasteiger partial charge in [0, 0.05) is 21.1 Å². The number of fused-ring (bicyclic) bond motifs is 1. The molecular formula is C26H21BrN2O3. The molecule has 32 heavy (non-hydrogen) atoms. The predicted molar refractivity (Wildman–Crippen MR) is 130 cm³/mol. The van der Waals surface area contributed by atoms with Gasteiger partial charge in [-0.1, -0.05) is 53.2 Å². The highest BCUT2D eigenvalue weighted by Crippen LogP contribution is 2.26. The lowest BCUT2D eigenvalue weighted by atomic mass is 10.0. The van der Waals surface area contributed by atoms with Crippen molar-refractivity contribution >= 4 is 44.4 Å². The lowest BCUT2D eigenvalue weighted by Gasteiger charge is -2.11. The molecule has 0 atom stereocenters. The molecule has 0 radical (unpaired) electrons. The number of carbonyl (C=O) groups is 2. The molecule has 0 spiro atoms. The van der Waals surface area contributed by atoms with Crippen LogP contribution < -0.4 is 5.32 Å². The quantitative estimate of drug-likeness (QED) is 0.315. The molecule has 0 saturated carbocycles. The van der Waals surface area contributed by atoms with Crippen LogP contribution in [0.25, 0.3) is 22.2 Å². The van der Waals surface area contributed by atoms with Crippen LogP contribution in [-0.2, 0) is 4.74 Å². The second-order valence-electron chi connectivity index (χ2n) is 7.25. The molecule has 0 bridgehead atoms. The predicted octanol–water partition coefficient (Wildman–Crippen LogP) is 6.48. The number of hydrogen-bond acceptors (Lipinski definition) is 4. The van der Waals surface area contributed by atoms with E-state index in [-0.39, 0.29) is 11.9 Å². The van der Waals surface area contributed by atoms with Gasteiger partial charge in [0.25, 0.3) is 5.91 Å². The number of nitrogens with zero attached hydrogens (tertiary/aromatic N) is 1. The van der Waals surface area contributed by atoms with E-state index in [4.69, 9.17) is 9.72 Å². The van der Waals surface area contributed by atoms with E-state index in [0.29, 0.717) is 23.4 Å². The van der Waals surface area contributed by atoms with Crippen LogP contribution in [0.2, 0.25) is 0 Å². The van der Waals surface area contributed by atoms with E-state index in [1.807, 2.05) is 55.5 Å². The molecule has 0 saturated heterocycles. The maximum absolute atomic E-state index is 13.2. The monoisotopic (exact) mass is 488 g/mol. The van der Waals surface area contributed by atoms with Crippen LogP contribution >= 0.6 is 15.9 Å². The van der Waals surface area contributed by atoms with E-state index in [0.717, 1.165) is 33.1 Å². The average molecular weight is 489 g/mol. The Morgan fingerprint density at radius 3 is 2.41 bits per heavy atom. The molecule has 1 amide bonds. The number of benzene rings is 3. The smallest absolute Gasteiger partial charge is 0.338 e. The summed E-state index contributed by atoms with van der Waals surface area (Å²) in [5.74, 6) is -0.618. The van der Waals surface area contributed by atoms with Crippen LogP contribution in [0.3, 0.4) is 0 Å². The van der Waals surface area contributed by atoms with Gasteiger partial charge in [-0.15, -0.1) is 0 Å². The molecule has 0 fully saturated rings. The molecule has 3 aromatic carbocycles. The highest BCUT2D eigenvalue weighted by Gasteiger charge is 2.15. The van der Waals surface area contributed by atoms with Crippen molar-refractivity contribution in [3.63, 3.8) is 0 Å². The molecule has 160 valence electrons. The Morgan fingerprint density at radius 2 is 1.69 bits per heavy atom. The third-order valence-electron chi connectivity index (χ3n) is 4.92. The summed E-state index contributed by atoms with van der Waals surface area (Å²) >= 11 is 3.45. The topological polar surface area (TPSA) is 68.3 Å². The first-order valence-corrected chi connectivity index (χ1v) is 11.1. The van der Waals surface area contributed by atoms with E-state index < -0.39 is 0 Å². The Labute approximate surface area is 194 Å². The van der Waals surface area contributed by atoms with Crippen LogP contribution in [0.4, 0.5) is 5.69 Å². The van der Waals surface area contributed by atoms with Crippen molar-refractivity contribution in [3.8, 4) is 11.3 Å². The molecular weight excluding hydrogens is 468 g/mol. The molecule has 4 rings (SSSR count). The molecule has 0 aliphatic carbocycles. The van der Waals surface area contributed by atoms with E-state index in [2.05, 4.69) is 21.2 Å². The van der Waals surface area contributed by atoms with Gasteiger partial charge in [-0.2, -0.15) is 0 Å². The Balaban J connectivity index is 1.63. The molecule has 0 unspecified atom stereocenters. The summed E-state index contributed by atoms with van der Waals surface area (Å²) in [7, 11) is 0. The minimum atomic E-state index is -0.371. The zero-order valence-electron chi connectivity index (χ0n) is 17.5. The standard InChI is InChI=1S/C26H21BrN2O3/c1-2-15-32-26(31)18-9-13-20(14-10-18)28-25(30)22-16-24(17-7-11-19(27)12-8-17)29-23-6-4-3-5-21(22)23/h3-14,16H,2,15H2,1H3,(H,28,30). The van der Waals surface area contributed by atoms with Crippen molar-refractivity contribution < 1.29 is 14.3 Å². The average Bonchev–Trinajstić information content (AvgIpc) is 2.82. The van der Waals surface area contributed by atoms with Crippen LogP contribution in [0.5, 0.6) is 0 Å². The van der Waals surface area contributed by atoms with E-state index >= 15 is 0 Å². The highest BCUT2D eigenvalue weighted by molar-refractivity contribution is 9.10. The Hall–Kier alpha value is -3.51. The minimum absolute atomic E-state index is 0.247. The van der Waals surface area contributed by atoms with Crippen molar-refractivity contribution in [2.24, 2.45) is 0 Å². The molecule has 6 heteroatoms. The lowest BCUT2D eigenvalue weighted by molar-refractivity contribution is 0.0505. The number of para-hydroxylation sites is 1.